The van der Waals surface area contributed by atoms with Crippen molar-refractivity contribution in [2.75, 3.05) is 31.1 Å². The molecule has 132 valence electrons. The van der Waals surface area contributed by atoms with E-state index in [0.29, 0.717) is 19.1 Å². The van der Waals surface area contributed by atoms with Crippen molar-refractivity contribution < 1.29 is 22.1 Å². The summed E-state index contributed by atoms with van der Waals surface area (Å²) in [5.74, 6) is -3.61. The molecule has 1 aliphatic carbocycles. The van der Waals surface area contributed by atoms with Crippen molar-refractivity contribution >= 4 is 21.2 Å². The molecule has 1 aliphatic heterocycles. The van der Waals surface area contributed by atoms with Gasteiger partial charge < -0.3 is 4.90 Å². The molecule has 1 saturated heterocycles. The number of halogens is 2. The van der Waals surface area contributed by atoms with Crippen LogP contribution < -0.4 is 4.90 Å². The van der Waals surface area contributed by atoms with E-state index in [1.54, 1.807) is 4.90 Å². The van der Waals surface area contributed by atoms with Gasteiger partial charge in [-0.1, -0.05) is 0 Å². The van der Waals surface area contributed by atoms with Gasteiger partial charge in [0, 0.05) is 38.3 Å². The summed E-state index contributed by atoms with van der Waals surface area (Å²) >= 11 is 0. The summed E-state index contributed by atoms with van der Waals surface area (Å²) < 4.78 is 48.3. The first-order valence-corrected chi connectivity index (χ1v) is 9.15. The van der Waals surface area contributed by atoms with Gasteiger partial charge in [0.05, 0.1) is 9.82 Å². The van der Waals surface area contributed by atoms with E-state index in [1.807, 2.05) is 0 Å². The van der Waals surface area contributed by atoms with Crippen molar-refractivity contribution in [3.8, 4) is 0 Å². The average molecular weight is 361 g/mol. The zero-order chi connectivity index (χ0) is 17.5. The zero-order valence-corrected chi connectivity index (χ0v) is 13.6. The number of hydrogen-bond donors (Lipinski definition) is 0. The Bertz CT molecular complexity index is 744. The molecule has 0 radical (unpaired) electrons. The molecule has 2 fully saturated rings. The molecule has 2 aliphatic rings. The highest BCUT2D eigenvalue weighted by Crippen LogP contribution is 2.34. The van der Waals surface area contributed by atoms with Crippen LogP contribution >= 0.6 is 0 Å². The van der Waals surface area contributed by atoms with Crippen molar-refractivity contribution in [3.63, 3.8) is 0 Å². The van der Waals surface area contributed by atoms with Gasteiger partial charge in [-0.05, 0) is 25.0 Å². The van der Waals surface area contributed by atoms with Crippen LogP contribution in [0, 0.1) is 10.1 Å². The van der Waals surface area contributed by atoms with Crippen LogP contribution in [0.2, 0.25) is 0 Å². The van der Waals surface area contributed by atoms with Gasteiger partial charge in [0.15, 0.2) is 0 Å². The number of nitro benzene ring substituents is 1. The minimum Gasteiger partial charge on any atom is -0.363 e. The van der Waals surface area contributed by atoms with Crippen LogP contribution in [-0.4, -0.2) is 56.2 Å². The van der Waals surface area contributed by atoms with E-state index in [4.69, 9.17) is 0 Å². The third-order valence-electron chi connectivity index (χ3n) is 4.42. The Morgan fingerprint density at radius 3 is 2.29 bits per heavy atom. The Labute approximate surface area is 137 Å². The van der Waals surface area contributed by atoms with Crippen molar-refractivity contribution in [1.29, 1.82) is 0 Å². The molecule has 7 nitrogen and oxygen atoms in total. The highest BCUT2D eigenvalue weighted by molar-refractivity contribution is 7.91. The average Bonchev–Trinajstić information content (AvgIpc) is 3.39. The first kappa shape index (κ1) is 17.0. The van der Waals surface area contributed by atoms with Gasteiger partial charge in [-0.15, -0.1) is 0 Å². The van der Waals surface area contributed by atoms with E-state index in [2.05, 4.69) is 4.90 Å². The monoisotopic (exact) mass is 361 g/mol. The minimum atomic E-state index is -4.86. The number of anilines is 1. The summed E-state index contributed by atoms with van der Waals surface area (Å²) in [7, 11) is -4.86. The maximum absolute atomic E-state index is 12.6. The van der Waals surface area contributed by atoms with Gasteiger partial charge >= 0.3 is 5.76 Å². The number of piperazine rings is 1. The normalized spacial score (nSPS) is 19.7. The highest BCUT2D eigenvalue weighted by atomic mass is 32.2. The van der Waals surface area contributed by atoms with E-state index in [-0.39, 0.29) is 5.69 Å². The number of benzene rings is 1. The number of rotatable bonds is 5. The first-order valence-electron chi connectivity index (χ1n) is 7.60. The molecule has 0 spiro atoms. The van der Waals surface area contributed by atoms with Gasteiger partial charge in [-0.25, -0.2) is 8.42 Å². The van der Waals surface area contributed by atoms with Gasteiger partial charge in [0.25, 0.3) is 5.69 Å². The maximum atomic E-state index is 12.6. The van der Waals surface area contributed by atoms with Gasteiger partial charge in [-0.2, -0.15) is 8.78 Å². The lowest BCUT2D eigenvalue weighted by molar-refractivity contribution is -0.384. The molecule has 0 unspecified atom stereocenters. The summed E-state index contributed by atoms with van der Waals surface area (Å²) in [5, 5.41) is 11.3. The SMILES string of the molecule is O=[N+]([O-])c1cc(S(=O)(=O)C(F)F)ccc1N1CCN(C2CC2)CC1. The largest absolute Gasteiger partial charge is 0.363 e. The van der Waals surface area contributed by atoms with Crippen molar-refractivity contribution in [3.05, 3.63) is 28.3 Å². The Kier molecular flexibility index (Phi) is 4.43. The summed E-state index contributed by atoms with van der Waals surface area (Å²) in [6.07, 6.45) is 2.36. The molecule has 0 N–H and O–H groups in total. The topological polar surface area (TPSA) is 83.8 Å². The van der Waals surface area contributed by atoms with Crippen molar-refractivity contribution in [1.82, 2.24) is 4.90 Å². The van der Waals surface area contributed by atoms with Crippen LogP contribution in [0.4, 0.5) is 20.2 Å². The predicted molar refractivity (Wildman–Crippen MR) is 83.1 cm³/mol. The van der Waals surface area contributed by atoms with Gasteiger partial charge in [-0.3, -0.25) is 15.0 Å². The second-order valence-corrected chi connectivity index (χ2v) is 7.89. The fourth-order valence-corrected chi connectivity index (χ4v) is 3.70. The molecule has 1 saturated carbocycles. The van der Waals surface area contributed by atoms with E-state index in [1.165, 1.54) is 18.9 Å². The molecule has 0 atom stereocenters. The maximum Gasteiger partial charge on any atom is 0.341 e. The van der Waals surface area contributed by atoms with Crippen LogP contribution in [0.25, 0.3) is 0 Å². The summed E-state index contributed by atoms with van der Waals surface area (Å²) in [5.41, 5.74) is -0.194. The van der Waals surface area contributed by atoms with E-state index >= 15 is 0 Å². The van der Waals surface area contributed by atoms with Crippen LogP contribution in [0.5, 0.6) is 0 Å². The molecule has 3 rings (SSSR count). The van der Waals surface area contributed by atoms with Crippen molar-refractivity contribution in [2.45, 2.75) is 29.5 Å². The quantitative estimate of drug-likeness (QED) is 0.588. The Morgan fingerprint density at radius 1 is 1.17 bits per heavy atom. The lowest BCUT2D eigenvalue weighted by Gasteiger charge is -2.35. The molecule has 1 aromatic rings. The number of sulfone groups is 1. The fraction of sp³-hybridized carbons (Fsp3) is 0.571. The number of nitro groups is 1. The molecule has 10 heteroatoms. The number of alkyl halides is 2. The lowest BCUT2D eigenvalue weighted by atomic mass is 10.2. The van der Waals surface area contributed by atoms with Crippen LogP contribution in [0.15, 0.2) is 23.1 Å². The van der Waals surface area contributed by atoms with Crippen LogP contribution in [0.3, 0.4) is 0 Å². The van der Waals surface area contributed by atoms with Crippen LogP contribution in [0.1, 0.15) is 12.8 Å². The Morgan fingerprint density at radius 2 is 1.79 bits per heavy atom. The smallest absolute Gasteiger partial charge is 0.341 e. The molecule has 24 heavy (non-hydrogen) atoms. The molecule has 0 aromatic heterocycles. The van der Waals surface area contributed by atoms with Crippen molar-refractivity contribution in [2.24, 2.45) is 0 Å². The van der Waals surface area contributed by atoms with E-state index < -0.39 is 31.1 Å². The second-order valence-electron chi connectivity index (χ2n) is 5.97. The standard InChI is InChI=1S/C14H17F2N3O4S/c15-14(16)24(22,23)11-3-4-12(13(9-11)19(20)21)18-7-5-17(6-8-18)10-1-2-10/h3-4,9-10,14H,1-2,5-8H2. The Balaban J connectivity index is 1.87. The molecule has 0 bridgehead atoms. The molecular formula is C14H17F2N3O4S. The third kappa shape index (κ3) is 3.20. The molecular weight excluding hydrogens is 344 g/mol. The fourth-order valence-electron chi connectivity index (χ4n) is 2.96. The molecule has 0 amide bonds. The summed E-state index contributed by atoms with van der Waals surface area (Å²) in [4.78, 5) is 14.0. The third-order valence-corrected chi connectivity index (χ3v) is 5.81. The number of nitrogens with zero attached hydrogens (tertiary/aromatic N) is 3. The van der Waals surface area contributed by atoms with Crippen LogP contribution in [-0.2, 0) is 9.84 Å². The molecule has 1 heterocycles. The first-order chi connectivity index (χ1) is 11.3. The number of hydrogen-bond acceptors (Lipinski definition) is 6. The highest BCUT2D eigenvalue weighted by Gasteiger charge is 2.34. The second kappa shape index (κ2) is 6.25. The minimum absolute atomic E-state index is 0.267. The lowest BCUT2D eigenvalue weighted by Crippen LogP contribution is -2.47. The van der Waals surface area contributed by atoms with Gasteiger partial charge in [0.2, 0.25) is 9.84 Å². The summed E-state index contributed by atoms with van der Waals surface area (Å²) in [6, 6.07) is 3.60. The van der Waals surface area contributed by atoms with Gasteiger partial charge in [0.1, 0.15) is 5.69 Å². The van der Waals surface area contributed by atoms with E-state index in [9.17, 15) is 27.3 Å². The zero-order valence-electron chi connectivity index (χ0n) is 12.8. The van der Waals surface area contributed by atoms with E-state index in [0.717, 1.165) is 25.2 Å². The summed E-state index contributed by atoms with van der Waals surface area (Å²) in [6.45, 7) is 2.72. The Hall–Kier alpha value is -1.81. The predicted octanol–water partition coefficient (Wildman–Crippen LogP) is 1.88. The molecule has 1 aromatic carbocycles.